The maximum Gasteiger partial charge on any atom is 0.0543 e. The summed E-state index contributed by atoms with van der Waals surface area (Å²) in [6.07, 6.45) is 15.1. The highest BCUT2D eigenvalue weighted by Gasteiger charge is 2.60. The Morgan fingerprint density at radius 3 is 2.21 bits per heavy atom. The first-order valence-electron chi connectivity index (χ1n) is 13.3. The van der Waals surface area contributed by atoms with Gasteiger partial charge in [0.05, 0.1) is 6.10 Å². The number of aliphatic hydroxyl groups is 1. The van der Waals surface area contributed by atoms with Gasteiger partial charge in [-0.25, -0.2) is 0 Å². The molecule has 0 radical (unpaired) electrons. The van der Waals surface area contributed by atoms with E-state index in [9.17, 15) is 5.11 Å². The van der Waals surface area contributed by atoms with E-state index in [4.69, 9.17) is 0 Å². The molecule has 4 aliphatic rings. The quantitative estimate of drug-likeness (QED) is 0.499. The van der Waals surface area contributed by atoms with Crippen molar-refractivity contribution in [1.82, 2.24) is 0 Å². The first kappa shape index (κ1) is 22.2. The van der Waals surface area contributed by atoms with Crippen LogP contribution in [0.1, 0.15) is 112 Å². The van der Waals surface area contributed by atoms with Gasteiger partial charge in [-0.1, -0.05) is 54.4 Å². The van der Waals surface area contributed by atoms with Crippen molar-refractivity contribution in [3.63, 3.8) is 0 Å². The Hall–Kier alpha value is -0.0400. The van der Waals surface area contributed by atoms with Crippen LogP contribution < -0.4 is 0 Å². The van der Waals surface area contributed by atoms with Crippen molar-refractivity contribution in [2.45, 2.75) is 118 Å². The number of fused-ring (bicyclic) bond motifs is 5. The molecule has 0 saturated heterocycles. The zero-order valence-electron chi connectivity index (χ0n) is 20.4. The van der Waals surface area contributed by atoms with Crippen LogP contribution in [0.15, 0.2) is 0 Å². The number of hydrogen-bond acceptors (Lipinski definition) is 1. The molecule has 4 rings (SSSR count). The van der Waals surface area contributed by atoms with E-state index in [1.54, 1.807) is 0 Å². The Balaban J connectivity index is 1.46. The molecule has 10 atom stereocenters. The van der Waals surface area contributed by atoms with E-state index in [2.05, 4.69) is 41.5 Å². The lowest BCUT2D eigenvalue weighted by Crippen LogP contribution is -2.54. The van der Waals surface area contributed by atoms with Crippen LogP contribution >= 0.6 is 0 Å². The molecule has 0 bridgehead atoms. The summed E-state index contributed by atoms with van der Waals surface area (Å²) in [7, 11) is 0. The van der Waals surface area contributed by atoms with Gasteiger partial charge in [0.15, 0.2) is 0 Å². The number of aliphatic hydroxyl groups excluding tert-OH is 1. The van der Waals surface area contributed by atoms with Crippen LogP contribution in [0.5, 0.6) is 0 Å². The highest BCUT2D eigenvalue weighted by atomic mass is 16.3. The standard InChI is InChI=1S/C28H50O/c1-18(2)19(3)7-8-20(4)24-11-12-25-23-10-9-21-17-22(29)13-15-27(21,5)26(23)14-16-28(24,25)6/h18-26,29H,7-17H2,1-6H3/t19-,20-,21+,22+,23?,24?,25?,26?,27+,28-/m1/s1. The predicted octanol–water partition coefficient (Wildman–Crippen LogP) is 7.71. The lowest BCUT2D eigenvalue weighted by molar-refractivity contribution is -0.129. The van der Waals surface area contributed by atoms with E-state index in [1.165, 1.54) is 57.8 Å². The highest BCUT2D eigenvalue weighted by Crippen LogP contribution is 2.68. The maximum atomic E-state index is 10.3. The zero-order valence-corrected chi connectivity index (χ0v) is 20.4. The zero-order chi connectivity index (χ0) is 21.0. The van der Waals surface area contributed by atoms with Crippen LogP contribution in [0, 0.1) is 58.2 Å². The molecule has 1 N–H and O–H groups in total. The van der Waals surface area contributed by atoms with E-state index in [-0.39, 0.29) is 6.10 Å². The molecule has 0 aromatic rings. The molecule has 168 valence electrons. The van der Waals surface area contributed by atoms with Gasteiger partial charge in [0.25, 0.3) is 0 Å². The fraction of sp³-hybridized carbons (Fsp3) is 1.00. The second kappa shape index (κ2) is 8.14. The summed E-state index contributed by atoms with van der Waals surface area (Å²) in [5, 5.41) is 10.3. The lowest BCUT2D eigenvalue weighted by Gasteiger charge is -2.61. The molecule has 0 aromatic heterocycles. The summed E-state index contributed by atoms with van der Waals surface area (Å²) < 4.78 is 0. The fourth-order valence-corrected chi connectivity index (χ4v) is 9.27. The first-order valence-corrected chi connectivity index (χ1v) is 13.3. The predicted molar refractivity (Wildman–Crippen MR) is 124 cm³/mol. The van der Waals surface area contributed by atoms with Crippen molar-refractivity contribution >= 4 is 0 Å². The third-order valence-electron chi connectivity index (χ3n) is 11.6. The Labute approximate surface area is 181 Å². The molecular formula is C28H50O. The van der Waals surface area contributed by atoms with Crippen LogP contribution in [0.25, 0.3) is 0 Å². The van der Waals surface area contributed by atoms with E-state index in [1.807, 2.05) is 0 Å². The minimum absolute atomic E-state index is 0.0107. The van der Waals surface area contributed by atoms with Crippen molar-refractivity contribution < 1.29 is 5.11 Å². The van der Waals surface area contributed by atoms with Crippen LogP contribution in [0.3, 0.4) is 0 Å². The second-order valence-corrected chi connectivity index (χ2v) is 13.1. The third kappa shape index (κ3) is 3.74. The summed E-state index contributed by atoms with van der Waals surface area (Å²) in [4.78, 5) is 0. The Kier molecular flexibility index (Phi) is 6.22. The number of hydrogen-bond donors (Lipinski definition) is 1. The minimum atomic E-state index is -0.0107. The van der Waals surface area contributed by atoms with Crippen LogP contribution in [-0.2, 0) is 0 Å². The van der Waals surface area contributed by atoms with Crippen LogP contribution in [0.2, 0.25) is 0 Å². The number of rotatable bonds is 5. The minimum Gasteiger partial charge on any atom is -0.393 e. The van der Waals surface area contributed by atoms with Gasteiger partial charge in [0.2, 0.25) is 0 Å². The van der Waals surface area contributed by atoms with Gasteiger partial charge in [-0.05, 0) is 116 Å². The van der Waals surface area contributed by atoms with Gasteiger partial charge < -0.3 is 5.11 Å². The van der Waals surface area contributed by atoms with Gasteiger partial charge in [-0.2, -0.15) is 0 Å². The summed E-state index contributed by atoms with van der Waals surface area (Å²) in [5.41, 5.74) is 1.14. The summed E-state index contributed by atoms with van der Waals surface area (Å²) in [6.45, 7) is 15.2. The van der Waals surface area contributed by atoms with E-state index in [0.717, 1.165) is 60.2 Å². The smallest absolute Gasteiger partial charge is 0.0543 e. The molecule has 4 aliphatic carbocycles. The average molecular weight is 403 g/mol. The molecule has 4 unspecified atom stereocenters. The molecular weight excluding hydrogens is 352 g/mol. The van der Waals surface area contributed by atoms with Gasteiger partial charge in [0.1, 0.15) is 0 Å². The molecule has 1 heteroatoms. The van der Waals surface area contributed by atoms with Crippen molar-refractivity contribution in [2.75, 3.05) is 0 Å². The van der Waals surface area contributed by atoms with E-state index in [0.29, 0.717) is 10.8 Å². The third-order valence-corrected chi connectivity index (χ3v) is 11.6. The van der Waals surface area contributed by atoms with Gasteiger partial charge in [0, 0.05) is 0 Å². The Bertz CT molecular complexity index is 569. The molecule has 4 fully saturated rings. The average Bonchev–Trinajstić information content (AvgIpc) is 3.03. The highest BCUT2D eigenvalue weighted by molar-refractivity contribution is 5.09. The topological polar surface area (TPSA) is 20.2 Å². The fourth-order valence-electron chi connectivity index (χ4n) is 9.27. The second-order valence-electron chi connectivity index (χ2n) is 13.1. The van der Waals surface area contributed by atoms with Crippen molar-refractivity contribution in [3.8, 4) is 0 Å². The van der Waals surface area contributed by atoms with Crippen LogP contribution in [-0.4, -0.2) is 11.2 Å². The largest absolute Gasteiger partial charge is 0.393 e. The molecule has 0 aliphatic heterocycles. The lowest BCUT2D eigenvalue weighted by atomic mass is 9.44. The normalized spacial score (nSPS) is 49.2. The molecule has 1 nitrogen and oxygen atoms in total. The van der Waals surface area contributed by atoms with Crippen LogP contribution in [0.4, 0.5) is 0 Å². The Morgan fingerprint density at radius 1 is 0.793 bits per heavy atom. The van der Waals surface area contributed by atoms with E-state index < -0.39 is 0 Å². The van der Waals surface area contributed by atoms with Crippen molar-refractivity contribution in [1.29, 1.82) is 0 Å². The van der Waals surface area contributed by atoms with E-state index >= 15 is 0 Å². The summed E-state index contributed by atoms with van der Waals surface area (Å²) in [6, 6.07) is 0. The molecule has 0 spiro atoms. The molecule has 0 aromatic carbocycles. The summed E-state index contributed by atoms with van der Waals surface area (Å²) >= 11 is 0. The molecule has 0 amide bonds. The SMILES string of the molecule is CC(C)[C@H](C)CC[C@@H](C)C1CCC2C3CC[C@H]4C[C@@H](O)CC[C@]4(C)C3CC[C@@]21C. The molecule has 4 saturated carbocycles. The van der Waals surface area contributed by atoms with Gasteiger partial charge in [-0.15, -0.1) is 0 Å². The van der Waals surface area contributed by atoms with Crippen molar-refractivity contribution in [2.24, 2.45) is 58.2 Å². The monoisotopic (exact) mass is 402 g/mol. The molecule has 0 heterocycles. The van der Waals surface area contributed by atoms with Gasteiger partial charge >= 0.3 is 0 Å². The first-order chi connectivity index (χ1) is 13.7. The molecule has 29 heavy (non-hydrogen) atoms. The maximum absolute atomic E-state index is 10.3. The van der Waals surface area contributed by atoms with Crippen molar-refractivity contribution in [3.05, 3.63) is 0 Å². The Morgan fingerprint density at radius 2 is 1.48 bits per heavy atom. The van der Waals surface area contributed by atoms with Gasteiger partial charge in [-0.3, -0.25) is 0 Å². The summed E-state index contributed by atoms with van der Waals surface area (Å²) in [5.74, 6) is 7.28.